The molecule has 2 nitrogen and oxygen atoms in total. The van der Waals surface area contributed by atoms with Gasteiger partial charge in [0.15, 0.2) is 0 Å². The summed E-state index contributed by atoms with van der Waals surface area (Å²) in [5.74, 6) is -0.125. The van der Waals surface area contributed by atoms with Crippen molar-refractivity contribution >= 4 is 17.0 Å². The quantitative estimate of drug-likeness (QED) is 0.926. The van der Waals surface area contributed by atoms with Gasteiger partial charge in [0.25, 0.3) is 0 Å². The van der Waals surface area contributed by atoms with Crippen LogP contribution in [0.25, 0.3) is 0 Å². The number of benzene rings is 1. The molecular formula is C16H19FN2S. The molecule has 2 aromatic rings. The van der Waals surface area contributed by atoms with Gasteiger partial charge in [-0.1, -0.05) is 6.07 Å². The Morgan fingerprint density at radius 3 is 3.05 bits per heavy atom. The number of nitrogens with one attached hydrogen (secondary N) is 1. The molecule has 1 aromatic carbocycles. The second-order valence-corrected chi connectivity index (χ2v) is 6.19. The summed E-state index contributed by atoms with van der Waals surface area (Å²) in [6, 6.07) is 7.89. The second-order valence-electron chi connectivity index (χ2n) is 5.19. The fourth-order valence-electron chi connectivity index (χ4n) is 3.01. The van der Waals surface area contributed by atoms with E-state index in [0.29, 0.717) is 12.6 Å². The largest absolute Gasteiger partial charge is 0.364 e. The van der Waals surface area contributed by atoms with Crippen molar-refractivity contribution in [2.24, 2.45) is 0 Å². The van der Waals surface area contributed by atoms with Crippen LogP contribution in [0.1, 0.15) is 29.0 Å². The summed E-state index contributed by atoms with van der Waals surface area (Å²) in [5.41, 5.74) is 3.17. The Bertz CT molecular complexity index is 608. The predicted molar refractivity (Wildman–Crippen MR) is 82.9 cm³/mol. The first-order valence-electron chi connectivity index (χ1n) is 6.97. The molecule has 4 heteroatoms. The van der Waals surface area contributed by atoms with Crippen LogP contribution in [0.5, 0.6) is 0 Å². The lowest BCUT2D eigenvalue weighted by atomic mass is 9.99. The summed E-state index contributed by atoms with van der Waals surface area (Å²) >= 11 is 1.83. The van der Waals surface area contributed by atoms with Crippen LogP contribution in [-0.2, 0) is 13.0 Å². The average molecular weight is 290 g/mol. The number of nitrogens with zero attached hydrogens (tertiary/aromatic N) is 1. The third-order valence-electron chi connectivity index (χ3n) is 4.03. The van der Waals surface area contributed by atoms with Gasteiger partial charge in [-0.15, -0.1) is 11.3 Å². The lowest BCUT2D eigenvalue weighted by molar-refractivity contribution is 0.586. The van der Waals surface area contributed by atoms with Crippen LogP contribution in [0.4, 0.5) is 10.1 Å². The Morgan fingerprint density at radius 2 is 2.25 bits per heavy atom. The van der Waals surface area contributed by atoms with Crippen molar-refractivity contribution in [1.82, 2.24) is 5.32 Å². The molecular weight excluding hydrogens is 271 g/mol. The van der Waals surface area contributed by atoms with Crippen molar-refractivity contribution in [3.63, 3.8) is 0 Å². The topological polar surface area (TPSA) is 15.3 Å². The van der Waals surface area contributed by atoms with Crippen LogP contribution in [-0.4, -0.2) is 13.6 Å². The minimum atomic E-state index is -0.125. The molecule has 0 saturated heterocycles. The van der Waals surface area contributed by atoms with Gasteiger partial charge in [-0.05, 0) is 49.5 Å². The third-order valence-corrected chi connectivity index (χ3v) is 5.03. The summed E-state index contributed by atoms with van der Waals surface area (Å²) in [7, 11) is 1.85. The normalized spacial score (nSPS) is 18.1. The van der Waals surface area contributed by atoms with Gasteiger partial charge in [0.1, 0.15) is 5.82 Å². The predicted octanol–water partition coefficient (Wildman–Crippen LogP) is 3.73. The maximum absolute atomic E-state index is 14.1. The Hall–Kier alpha value is -1.39. The first kappa shape index (κ1) is 13.6. The third kappa shape index (κ3) is 2.23. The lowest BCUT2D eigenvalue weighted by Gasteiger charge is -2.37. The molecule has 1 aliphatic heterocycles. The van der Waals surface area contributed by atoms with Gasteiger partial charge < -0.3 is 10.2 Å². The first-order chi connectivity index (χ1) is 9.72. The molecule has 1 aromatic heterocycles. The highest BCUT2D eigenvalue weighted by molar-refractivity contribution is 7.10. The van der Waals surface area contributed by atoms with Crippen molar-refractivity contribution in [1.29, 1.82) is 0 Å². The minimum Gasteiger partial charge on any atom is -0.364 e. The zero-order valence-electron chi connectivity index (χ0n) is 11.8. The number of fused-ring (bicyclic) bond motifs is 1. The Labute approximate surface area is 123 Å². The number of thiophene rings is 1. The van der Waals surface area contributed by atoms with Crippen molar-refractivity contribution in [2.45, 2.75) is 25.9 Å². The fraction of sp³-hybridized carbons (Fsp3) is 0.375. The monoisotopic (exact) mass is 290 g/mol. The summed E-state index contributed by atoms with van der Waals surface area (Å²) in [6.07, 6.45) is 1.05. The van der Waals surface area contributed by atoms with Gasteiger partial charge in [0.05, 0.1) is 6.04 Å². The number of anilines is 1. The number of halogens is 1. The molecule has 1 unspecified atom stereocenters. The van der Waals surface area contributed by atoms with Gasteiger partial charge in [-0.2, -0.15) is 0 Å². The maximum atomic E-state index is 14.1. The van der Waals surface area contributed by atoms with E-state index in [9.17, 15) is 4.39 Å². The van der Waals surface area contributed by atoms with Crippen molar-refractivity contribution < 1.29 is 4.39 Å². The number of hydrogen-bond donors (Lipinski definition) is 1. The van der Waals surface area contributed by atoms with Crippen LogP contribution in [0.3, 0.4) is 0 Å². The minimum absolute atomic E-state index is 0.125. The van der Waals surface area contributed by atoms with Gasteiger partial charge in [0.2, 0.25) is 0 Å². The molecule has 2 heterocycles. The van der Waals surface area contributed by atoms with Crippen LogP contribution >= 0.6 is 11.3 Å². The summed E-state index contributed by atoms with van der Waals surface area (Å²) < 4.78 is 14.1. The molecule has 0 fully saturated rings. The molecule has 0 amide bonds. The van der Waals surface area contributed by atoms with E-state index in [4.69, 9.17) is 0 Å². The van der Waals surface area contributed by atoms with E-state index < -0.39 is 0 Å². The van der Waals surface area contributed by atoms with E-state index >= 15 is 0 Å². The highest BCUT2D eigenvalue weighted by Gasteiger charge is 2.26. The molecule has 0 spiro atoms. The second kappa shape index (κ2) is 5.54. The zero-order valence-corrected chi connectivity index (χ0v) is 12.6. The molecule has 106 valence electrons. The maximum Gasteiger partial charge on any atom is 0.129 e. The van der Waals surface area contributed by atoms with E-state index in [1.165, 1.54) is 10.4 Å². The van der Waals surface area contributed by atoms with E-state index in [0.717, 1.165) is 24.2 Å². The van der Waals surface area contributed by atoms with Gasteiger partial charge in [-0.3, -0.25) is 0 Å². The number of hydrogen-bond acceptors (Lipinski definition) is 3. The van der Waals surface area contributed by atoms with E-state index in [1.807, 2.05) is 24.5 Å². The van der Waals surface area contributed by atoms with Gasteiger partial charge in [-0.25, -0.2) is 4.39 Å². The lowest BCUT2D eigenvalue weighted by Crippen LogP contribution is -2.34. The van der Waals surface area contributed by atoms with E-state index in [-0.39, 0.29) is 5.82 Å². The Balaban J connectivity index is 2.00. The summed E-state index contributed by atoms with van der Waals surface area (Å²) in [4.78, 5) is 3.80. The molecule has 20 heavy (non-hydrogen) atoms. The SMILES string of the molecule is CNCc1c(F)cccc1N1CCc2sccc2C1C. The summed E-state index contributed by atoms with van der Waals surface area (Å²) in [6.45, 7) is 3.72. The molecule has 0 radical (unpaired) electrons. The zero-order chi connectivity index (χ0) is 14.1. The Morgan fingerprint density at radius 1 is 1.40 bits per heavy atom. The van der Waals surface area contributed by atoms with E-state index in [1.54, 1.807) is 12.1 Å². The van der Waals surface area contributed by atoms with Crippen LogP contribution < -0.4 is 10.2 Å². The smallest absolute Gasteiger partial charge is 0.129 e. The van der Waals surface area contributed by atoms with Crippen LogP contribution in [0.2, 0.25) is 0 Å². The van der Waals surface area contributed by atoms with Crippen molar-refractivity contribution in [2.75, 3.05) is 18.5 Å². The molecule has 0 saturated carbocycles. The average Bonchev–Trinajstić information content (AvgIpc) is 2.91. The highest BCUT2D eigenvalue weighted by atomic mass is 32.1. The molecule has 0 aliphatic carbocycles. The van der Waals surface area contributed by atoms with Gasteiger partial charge >= 0.3 is 0 Å². The summed E-state index contributed by atoms with van der Waals surface area (Å²) in [5, 5.41) is 5.23. The van der Waals surface area contributed by atoms with E-state index in [2.05, 4.69) is 28.6 Å². The number of rotatable bonds is 3. The Kier molecular flexibility index (Phi) is 3.76. The molecule has 1 N–H and O–H groups in total. The molecule has 3 rings (SSSR count). The van der Waals surface area contributed by atoms with Gasteiger partial charge in [0, 0.05) is 29.2 Å². The van der Waals surface area contributed by atoms with Crippen molar-refractivity contribution in [3.05, 3.63) is 51.5 Å². The molecule has 1 atom stereocenters. The highest BCUT2D eigenvalue weighted by Crippen LogP contribution is 2.37. The van der Waals surface area contributed by atoms with Crippen molar-refractivity contribution in [3.8, 4) is 0 Å². The first-order valence-corrected chi connectivity index (χ1v) is 7.85. The van der Waals surface area contributed by atoms with Crippen LogP contribution in [0.15, 0.2) is 29.6 Å². The molecule has 1 aliphatic rings. The fourth-order valence-corrected chi connectivity index (χ4v) is 3.97. The van der Waals surface area contributed by atoms with Crippen LogP contribution in [0, 0.1) is 5.82 Å². The standard InChI is InChI=1S/C16H19FN2S/c1-11-12-7-9-20-16(12)6-8-19(11)15-5-3-4-14(17)13(15)10-18-2/h3-5,7,9,11,18H,6,8,10H2,1-2H3. The molecule has 0 bridgehead atoms.